The van der Waals surface area contributed by atoms with Crippen molar-refractivity contribution in [2.24, 2.45) is 23.2 Å². The summed E-state index contributed by atoms with van der Waals surface area (Å²) in [5.41, 5.74) is -4.94. The predicted octanol–water partition coefficient (Wildman–Crippen LogP) is 7.00. The Hall–Kier alpha value is -4.13. The number of ether oxygens (including phenoxy) is 2. The number of nitrogens with one attached hydrogen (secondary N) is 2. The van der Waals surface area contributed by atoms with E-state index in [4.69, 9.17) is 9.47 Å². The van der Waals surface area contributed by atoms with E-state index in [9.17, 15) is 31.2 Å². The Labute approximate surface area is 270 Å². The van der Waals surface area contributed by atoms with Crippen LogP contribution < -0.4 is 20.1 Å². The van der Waals surface area contributed by atoms with Crippen LogP contribution in [0.5, 0.6) is 11.5 Å². The van der Waals surface area contributed by atoms with Gasteiger partial charge in [-0.3, -0.25) is 9.59 Å². The summed E-state index contributed by atoms with van der Waals surface area (Å²) in [6, 6.07) is 12.7. The molecule has 0 saturated heterocycles. The van der Waals surface area contributed by atoms with Crippen molar-refractivity contribution in [1.82, 2.24) is 5.32 Å². The van der Waals surface area contributed by atoms with Gasteiger partial charge in [0, 0.05) is 23.4 Å². The second kappa shape index (κ2) is 12.8. The van der Waals surface area contributed by atoms with Crippen molar-refractivity contribution in [2.45, 2.75) is 56.5 Å². The number of hydrogen-bond donors (Lipinski definition) is 2. The average Bonchev–Trinajstić information content (AvgIpc) is 3.61. The van der Waals surface area contributed by atoms with Crippen molar-refractivity contribution in [3.8, 4) is 22.6 Å². The number of amides is 2. The summed E-state index contributed by atoms with van der Waals surface area (Å²) in [6.45, 7) is 6.62. The minimum Gasteiger partial charge on any atom is -0.496 e. The van der Waals surface area contributed by atoms with Crippen molar-refractivity contribution in [1.29, 1.82) is 0 Å². The van der Waals surface area contributed by atoms with Gasteiger partial charge in [0.25, 0.3) is 15.7 Å². The van der Waals surface area contributed by atoms with E-state index in [2.05, 4.69) is 10.6 Å². The number of fused-ring (bicyclic) bond motifs is 2. The van der Waals surface area contributed by atoms with Gasteiger partial charge in [0.2, 0.25) is 5.91 Å². The lowest BCUT2D eigenvalue weighted by Crippen LogP contribution is -2.48. The second-order valence-electron chi connectivity index (χ2n) is 13.2. The Morgan fingerprint density at radius 2 is 1.64 bits per heavy atom. The molecule has 2 N–H and O–H groups in total. The summed E-state index contributed by atoms with van der Waals surface area (Å²) in [5.74, 6) is -1.99. The Balaban J connectivity index is 1.36. The molecular formula is C34H36F4N2O6S. The zero-order valence-electron chi connectivity index (χ0n) is 26.3. The monoisotopic (exact) mass is 676 g/mol. The summed E-state index contributed by atoms with van der Waals surface area (Å²) < 4.78 is 89.5. The highest BCUT2D eigenvalue weighted by Gasteiger charge is 2.52. The van der Waals surface area contributed by atoms with Crippen LogP contribution in [-0.4, -0.2) is 45.5 Å². The largest absolute Gasteiger partial charge is 0.501 e. The molecule has 0 aliphatic heterocycles. The van der Waals surface area contributed by atoms with Gasteiger partial charge in [-0.1, -0.05) is 39.0 Å². The number of benzene rings is 3. The number of carbonyl (C=O) groups excluding carboxylic acids is 2. The quantitative estimate of drug-likeness (QED) is 0.236. The van der Waals surface area contributed by atoms with Crippen LogP contribution in [0.4, 0.5) is 23.2 Å². The molecule has 252 valence electrons. The van der Waals surface area contributed by atoms with E-state index in [1.165, 1.54) is 19.2 Å². The van der Waals surface area contributed by atoms with Crippen LogP contribution in [0.2, 0.25) is 0 Å². The molecule has 3 aromatic rings. The first-order chi connectivity index (χ1) is 22.0. The van der Waals surface area contributed by atoms with Crippen LogP contribution in [0, 0.1) is 29.0 Å². The van der Waals surface area contributed by atoms with Gasteiger partial charge in [-0.25, -0.2) is 12.8 Å². The number of carbonyl (C=O) groups is 2. The molecule has 3 aromatic carbocycles. The maximum absolute atomic E-state index is 15.2. The predicted molar refractivity (Wildman–Crippen MR) is 167 cm³/mol. The Kier molecular flexibility index (Phi) is 9.33. The number of anilines is 1. The topological polar surface area (TPSA) is 111 Å². The van der Waals surface area contributed by atoms with Crippen molar-refractivity contribution < 1.29 is 45.0 Å². The molecule has 2 saturated carbocycles. The van der Waals surface area contributed by atoms with Gasteiger partial charge in [-0.05, 0) is 78.5 Å². The zero-order chi connectivity index (χ0) is 34.3. The summed E-state index contributed by atoms with van der Waals surface area (Å²) in [7, 11) is -4.30. The SMILES string of the molecule is COc1cc(F)c(-c2ccc(OCC(C)(C)C)cc2)cc1C(=O)N[C@@H]1[C@H]2CC[C@H](C2)[C@@H]1C(=O)Nc1cccc(S(=O)(=O)C(F)(F)F)c1. The molecular weight excluding hydrogens is 640 g/mol. The number of methoxy groups -OCH3 is 1. The molecule has 0 spiro atoms. The molecule has 5 rings (SSSR count). The van der Waals surface area contributed by atoms with Crippen molar-refractivity contribution >= 4 is 27.3 Å². The molecule has 0 unspecified atom stereocenters. The smallest absolute Gasteiger partial charge is 0.496 e. The number of halogens is 4. The van der Waals surface area contributed by atoms with Crippen molar-refractivity contribution in [2.75, 3.05) is 19.0 Å². The normalized spacial score (nSPS) is 20.9. The highest BCUT2D eigenvalue weighted by molar-refractivity contribution is 7.92. The first-order valence-corrected chi connectivity index (χ1v) is 16.6. The molecule has 2 amide bonds. The maximum atomic E-state index is 15.2. The molecule has 8 nitrogen and oxygen atoms in total. The Bertz CT molecular complexity index is 1770. The van der Waals surface area contributed by atoms with Crippen LogP contribution in [0.15, 0.2) is 65.6 Å². The molecule has 47 heavy (non-hydrogen) atoms. The molecule has 0 radical (unpaired) electrons. The third-order valence-electron chi connectivity index (χ3n) is 8.60. The van der Waals surface area contributed by atoms with Gasteiger partial charge < -0.3 is 20.1 Å². The molecule has 0 aromatic heterocycles. The van der Waals surface area contributed by atoms with Gasteiger partial charge in [0.15, 0.2) is 0 Å². The lowest BCUT2D eigenvalue weighted by molar-refractivity contribution is -0.122. The molecule has 4 atom stereocenters. The van der Waals surface area contributed by atoms with Crippen molar-refractivity contribution in [3.63, 3.8) is 0 Å². The van der Waals surface area contributed by atoms with E-state index in [1.54, 1.807) is 24.3 Å². The van der Waals surface area contributed by atoms with Crippen LogP contribution >= 0.6 is 0 Å². The number of hydrogen-bond acceptors (Lipinski definition) is 6. The summed E-state index contributed by atoms with van der Waals surface area (Å²) in [6.07, 6.45) is 2.13. The number of sulfone groups is 1. The molecule has 2 aliphatic carbocycles. The minimum atomic E-state index is -5.62. The van der Waals surface area contributed by atoms with Crippen LogP contribution in [0.25, 0.3) is 11.1 Å². The second-order valence-corrected chi connectivity index (χ2v) is 15.2. The molecule has 2 aliphatic rings. The fraction of sp³-hybridized carbons (Fsp3) is 0.412. The lowest BCUT2D eigenvalue weighted by Gasteiger charge is -2.31. The minimum absolute atomic E-state index is 0.000674. The lowest BCUT2D eigenvalue weighted by atomic mass is 9.83. The van der Waals surface area contributed by atoms with E-state index in [0.717, 1.165) is 37.1 Å². The summed E-state index contributed by atoms with van der Waals surface area (Å²) in [5, 5.41) is 5.50. The molecule has 13 heteroatoms. The Morgan fingerprint density at radius 3 is 2.28 bits per heavy atom. The van der Waals surface area contributed by atoms with Crippen molar-refractivity contribution in [3.05, 3.63) is 72.0 Å². The number of rotatable bonds is 9. The van der Waals surface area contributed by atoms with E-state index >= 15 is 4.39 Å². The van der Waals surface area contributed by atoms with Gasteiger partial charge in [0.05, 0.1) is 30.1 Å². The summed E-state index contributed by atoms with van der Waals surface area (Å²) in [4.78, 5) is 26.2. The van der Waals surface area contributed by atoms with Crippen LogP contribution in [0.3, 0.4) is 0 Å². The third-order valence-corrected chi connectivity index (χ3v) is 10.1. The van der Waals surface area contributed by atoms with Gasteiger partial charge in [0.1, 0.15) is 17.3 Å². The van der Waals surface area contributed by atoms with E-state index in [-0.39, 0.29) is 39.8 Å². The fourth-order valence-corrected chi connectivity index (χ4v) is 7.17. The van der Waals surface area contributed by atoms with Crippen LogP contribution in [-0.2, 0) is 14.6 Å². The average molecular weight is 677 g/mol. The first kappa shape index (κ1) is 34.2. The van der Waals surface area contributed by atoms with Gasteiger partial charge in [-0.15, -0.1) is 0 Å². The first-order valence-electron chi connectivity index (χ1n) is 15.1. The standard InChI is InChI=1S/C34H36F4N2O6S/c1-33(2,3)18-46-23-12-10-19(11-13-23)25-16-26(28(45-4)17-27(25)35)31(41)40-30-21-9-8-20(14-21)29(30)32(42)39-22-6-5-7-24(15-22)47(43,44)34(36,37)38/h5-7,10-13,15-17,20-21,29-30H,8-9,14,18H2,1-4H3,(H,39,42)(H,40,41)/t20-,21+,29+,30-/m1/s1. The highest BCUT2D eigenvalue weighted by Crippen LogP contribution is 2.49. The van der Waals surface area contributed by atoms with Gasteiger partial charge >= 0.3 is 5.51 Å². The summed E-state index contributed by atoms with van der Waals surface area (Å²) >= 11 is 0. The maximum Gasteiger partial charge on any atom is 0.501 e. The van der Waals surface area contributed by atoms with Gasteiger partial charge in [-0.2, -0.15) is 13.2 Å². The molecule has 2 bridgehead atoms. The van der Waals surface area contributed by atoms with E-state index in [0.29, 0.717) is 24.3 Å². The number of alkyl halides is 3. The molecule has 2 fully saturated rings. The fourth-order valence-electron chi connectivity index (χ4n) is 6.36. The van der Waals surface area contributed by atoms with E-state index in [1.807, 2.05) is 20.8 Å². The zero-order valence-corrected chi connectivity index (χ0v) is 27.1. The molecule has 0 heterocycles. The van der Waals surface area contributed by atoms with E-state index < -0.39 is 49.8 Å². The third kappa shape index (κ3) is 7.24. The Morgan fingerprint density at radius 1 is 0.957 bits per heavy atom. The van der Waals surface area contributed by atoms with Crippen LogP contribution in [0.1, 0.15) is 50.4 Å². The highest BCUT2D eigenvalue weighted by atomic mass is 32.2.